The molecule has 15 heavy (non-hydrogen) atoms. The Balaban J connectivity index is 2.48. The first kappa shape index (κ1) is 10.8. The Morgan fingerprint density at radius 1 is 1.20 bits per heavy atom. The molecule has 0 saturated heterocycles. The molecule has 0 bridgehead atoms. The third-order valence-corrected chi connectivity index (χ3v) is 4.76. The van der Waals surface area contributed by atoms with Crippen molar-refractivity contribution in [3.05, 3.63) is 35.9 Å². The van der Waals surface area contributed by atoms with Crippen molar-refractivity contribution >= 4 is 22.4 Å². The van der Waals surface area contributed by atoms with Gasteiger partial charge in [-0.15, -0.1) is 0 Å². The van der Waals surface area contributed by atoms with Crippen molar-refractivity contribution in [3.63, 3.8) is 0 Å². The average molecular weight is 243 g/mol. The fraction of sp³-hybridized carbons (Fsp3) is 0.400. The topological polar surface area (TPSA) is 41.8 Å². The van der Waals surface area contributed by atoms with Gasteiger partial charge in [-0.3, -0.25) is 4.21 Å². The Morgan fingerprint density at radius 2 is 1.80 bits per heavy atom. The minimum Gasteiger partial charge on any atom is -0.253 e. The van der Waals surface area contributed by atoms with Crippen molar-refractivity contribution < 1.29 is 4.21 Å². The van der Waals surface area contributed by atoms with E-state index in [2.05, 4.69) is 10.2 Å². The molecule has 0 spiro atoms. The van der Waals surface area contributed by atoms with Crippen molar-refractivity contribution in [1.82, 2.24) is 0 Å². The van der Waals surface area contributed by atoms with Crippen molar-refractivity contribution in [3.8, 4) is 0 Å². The smallest absolute Gasteiger partial charge is 0.253 e. The molecule has 2 atom stereocenters. The van der Waals surface area contributed by atoms with Gasteiger partial charge in [0, 0.05) is 5.56 Å². The van der Waals surface area contributed by atoms with Gasteiger partial charge in [0.05, 0.1) is 0 Å². The highest BCUT2D eigenvalue weighted by molar-refractivity contribution is 7.88. The van der Waals surface area contributed by atoms with E-state index in [1.54, 1.807) is 13.8 Å². The van der Waals surface area contributed by atoms with Gasteiger partial charge in [0.2, 0.25) is 0 Å². The molecule has 1 aliphatic rings. The second kappa shape index (κ2) is 3.39. The van der Waals surface area contributed by atoms with Crippen LogP contribution in [0.2, 0.25) is 0 Å². The SMILES string of the molecule is CC1(C)N=N[C@@](Cl)(c2ccccc2)[S@]1=O. The zero-order chi connectivity index (χ0) is 11.1. The van der Waals surface area contributed by atoms with Gasteiger partial charge >= 0.3 is 0 Å². The molecule has 0 aromatic heterocycles. The highest BCUT2D eigenvalue weighted by atomic mass is 35.5. The first-order valence-corrected chi connectivity index (χ1v) is 6.10. The lowest BCUT2D eigenvalue weighted by molar-refractivity contribution is 0.643. The summed E-state index contributed by atoms with van der Waals surface area (Å²) in [5.74, 6) is 0. The molecule has 0 aliphatic carbocycles. The minimum atomic E-state index is -1.36. The molecule has 1 aliphatic heterocycles. The summed E-state index contributed by atoms with van der Waals surface area (Å²) in [6.07, 6.45) is 0. The third-order valence-electron chi connectivity index (χ3n) is 2.25. The van der Waals surface area contributed by atoms with Crippen LogP contribution in [0, 0.1) is 0 Å². The number of hydrogen-bond acceptors (Lipinski definition) is 3. The zero-order valence-electron chi connectivity index (χ0n) is 8.48. The van der Waals surface area contributed by atoms with Gasteiger partial charge in [0.1, 0.15) is 10.8 Å². The summed E-state index contributed by atoms with van der Waals surface area (Å²) < 4.78 is 10.9. The lowest BCUT2D eigenvalue weighted by atomic mass is 10.2. The number of halogens is 1. The third kappa shape index (κ3) is 1.62. The van der Waals surface area contributed by atoms with Crippen molar-refractivity contribution in [2.75, 3.05) is 0 Å². The summed E-state index contributed by atoms with van der Waals surface area (Å²) in [4.78, 5) is -0.711. The minimum absolute atomic E-state index is 0.711. The lowest BCUT2D eigenvalue weighted by Crippen LogP contribution is -2.30. The fourth-order valence-corrected chi connectivity index (χ4v) is 3.37. The van der Waals surface area contributed by atoms with Crippen LogP contribution in [0.3, 0.4) is 0 Å². The predicted octanol–water partition coefficient (Wildman–Crippen LogP) is 2.99. The van der Waals surface area contributed by atoms with Crippen LogP contribution in [0.15, 0.2) is 40.6 Å². The maximum absolute atomic E-state index is 12.1. The Labute approximate surface area is 96.0 Å². The summed E-state index contributed by atoms with van der Waals surface area (Å²) in [6.45, 7) is 3.53. The van der Waals surface area contributed by atoms with Crippen LogP contribution in [0.5, 0.6) is 0 Å². The van der Waals surface area contributed by atoms with Gasteiger partial charge in [-0.25, -0.2) is 0 Å². The highest BCUT2D eigenvalue weighted by Crippen LogP contribution is 2.45. The van der Waals surface area contributed by atoms with E-state index in [0.717, 1.165) is 5.56 Å². The zero-order valence-corrected chi connectivity index (χ0v) is 10.0. The van der Waals surface area contributed by atoms with Gasteiger partial charge in [-0.2, -0.15) is 10.2 Å². The standard InChI is InChI=1S/C10H11ClN2OS/c1-9(2)12-13-10(11,15(9)14)8-6-4-3-5-7-8/h3-7H,1-2H3/t10-,15-/m0/s1. The highest BCUT2D eigenvalue weighted by Gasteiger charge is 2.50. The van der Waals surface area contributed by atoms with Crippen molar-refractivity contribution in [2.45, 2.75) is 23.0 Å². The fourth-order valence-electron chi connectivity index (χ4n) is 1.40. The van der Waals surface area contributed by atoms with Gasteiger partial charge in [-0.1, -0.05) is 41.9 Å². The molecule has 80 valence electrons. The first-order chi connectivity index (χ1) is 6.97. The molecular formula is C10H11ClN2OS. The summed E-state index contributed by atoms with van der Waals surface area (Å²) in [7, 11) is -1.36. The summed E-state index contributed by atoms with van der Waals surface area (Å²) in [6, 6.07) is 9.19. The number of benzene rings is 1. The summed E-state index contributed by atoms with van der Waals surface area (Å²) >= 11 is 6.27. The van der Waals surface area contributed by atoms with Crippen molar-refractivity contribution in [1.29, 1.82) is 0 Å². The van der Waals surface area contributed by atoms with E-state index < -0.39 is 20.0 Å². The van der Waals surface area contributed by atoms with Crippen LogP contribution >= 0.6 is 11.6 Å². The molecule has 0 unspecified atom stereocenters. The maximum Gasteiger partial charge on any atom is 0.255 e. The molecule has 0 fully saturated rings. The molecular weight excluding hydrogens is 232 g/mol. The Morgan fingerprint density at radius 3 is 2.27 bits per heavy atom. The first-order valence-electron chi connectivity index (χ1n) is 4.57. The van der Waals surface area contributed by atoms with E-state index in [0.29, 0.717) is 0 Å². The Kier molecular flexibility index (Phi) is 2.43. The van der Waals surface area contributed by atoms with Crippen molar-refractivity contribution in [2.24, 2.45) is 10.2 Å². The van der Waals surface area contributed by atoms with Gasteiger partial charge in [0.25, 0.3) is 4.33 Å². The molecule has 0 saturated carbocycles. The number of hydrogen-bond donors (Lipinski definition) is 0. The van der Waals surface area contributed by atoms with Gasteiger partial charge < -0.3 is 0 Å². The molecule has 2 rings (SSSR count). The van der Waals surface area contributed by atoms with E-state index in [1.165, 1.54) is 0 Å². The molecule has 0 radical (unpaired) electrons. The second-order valence-electron chi connectivity index (χ2n) is 3.84. The molecule has 1 aromatic carbocycles. The molecule has 3 nitrogen and oxygen atoms in total. The number of azo groups is 1. The number of nitrogens with zero attached hydrogens (tertiary/aromatic N) is 2. The van der Waals surface area contributed by atoms with Crippen LogP contribution < -0.4 is 0 Å². The van der Waals surface area contributed by atoms with E-state index >= 15 is 0 Å². The molecule has 0 amide bonds. The van der Waals surface area contributed by atoms with E-state index in [1.807, 2.05) is 30.3 Å². The molecule has 0 N–H and O–H groups in total. The van der Waals surface area contributed by atoms with Crippen LogP contribution in [-0.2, 0) is 15.1 Å². The van der Waals surface area contributed by atoms with Gasteiger partial charge in [0.15, 0.2) is 4.87 Å². The van der Waals surface area contributed by atoms with E-state index in [9.17, 15) is 4.21 Å². The quantitative estimate of drug-likeness (QED) is 0.551. The molecule has 5 heteroatoms. The Bertz CT molecular complexity index is 432. The van der Waals surface area contributed by atoms with Crippen LogP contribution in [0.1, 0.15) is 19.4 Å². The second-order valence-corrected chi connectivity index (χ2v) is 6.74. The maximum atomic E-state index is 12.1. The Hall–Kier alpha value is -0.740. The summed E-state index contributed by atoms with van der Waals surface area (Å²) in [5.41, 5.74) is 0.722. The normalized spacial score (nSPS) is 33.1. The van der Waals surface area contributed by atoms with E-state index in [-0.39, 0.29) is 0 Å². The van der Waals surface area contributed by atoms with E-state index in [4.69, 9.17) is 11.6 Å². The average Bonchev–Trinajstić information content (AvgIpc) is 2.45. The number of rotatable bonds is 1. The van der Waals surface area contributed by atoms with Gasteiger partial charge in [-0.05, 0) is 13.8 Å². The van der Waals surface area contributed by atoms with Crippen LogP contribution in [-0.4, -0.2) is 9.08 Å². The largest absolute Gasteiger partial charge is 0.255 e. The summed E-state index contributed by atoms with van der Waals surface area (Å²) in [5, 5.41) is 7.93. The number of alkyl halides is 1. The lowest BCUT2D eigenvalue weighted by Gasteiger charge is -2.19. The molecule has 1 heterocycles. The predicted molar refractivity (Wildman–Crippen MR) is 61.1 cm³/mol. The van der Waals surface area contributed by atoms with Crippen LogP contribution in [0.25, 0.3) is 0 Å². The molecule has 1 aromatic rings. The monoisotopic (exact) mass is 242 g/mol. The van der Waals surface area contributed by atoms with Crippen LogP contribution in [0.4, 0.5) is 0 Å².